The second-order valence-electron chi connectivity index (χ2n) is 5.23. The fourth-order valence-corrected chi connectivity index (χ4v) is 3.39. The topological polar surface area (TPSA) is 88.4 Å². The number of methoxy groups -OCH3 is 1. The Morgan fingerprint density at radius 1 is 1.19 bits per heavy atom. The number of nitrogens with zero attached hydrogens (tertiary/aromatic N) is 1. The molecule has 138 valence electrons. The molecule has 0 spiro atoms. The predicted octanol–water partition coefficient (Wildman–Crippen LogP) is 4.38. The largest absolute Gasteiger partial charge is 0.493 e. The van der Waals surface area contributed by atoms with Gasteiger partial charge in [0.2, 0.25) is 0 Å². The highest BCUT2D eigenvalue weighted by molar-refractivity contribution is 14.1. The summed E-state index contributed by atoms with van der Waals surface area (Å²) in [5.41, 5.74) is 1.14. The average molecular weight is 588 g/mol. The predicted molar refractivity (Wildman–Crippen MR) is 118 cm³/mol. The molecule has 2 aromatic rings. The van der Waals surface area contributed by atoms with E-state index in [4.69, 9.17) is 9.47 Å². The third-order valence-electron chi connectivity index (χ3n) is 3.30. The molecule has 0 saturated heterocycles. The van der Waals surface area contributed by atoms with E-state index in [-0.39, 0.29) is 5.57 Å². The maximum Gasteiger partial charge on any atom is 0.308 e. The van der Waals surface area contributed by atoms with Crippen LogP contribution in [0, 0.1) is 18.5 Å². The molecule has 0 unspecified atom stereocenters. The summed E-state index contributed by atoms with van der Waals surface area (Å²) in [4.78, 5) is 23.7. The fourth-order valence-electron chi connectivity index (χ4n) is 2.13. The number of carbonyl (C=O) groups excluding carboxylic acids is 2. The molecule has 0 saturated carbocycles. The highest BCUT2D eigenvalue weighted by Crippen LogP contribution is 2.34. The summed E-state index contributed by atoms with van der Waals surface area (Å²) < 4.78 is 11.9. The van der Waals surface area contributed by atoms with Crippen LogP contribution in [0.15, 0.2) is 42.0 Å². The van der Waals surface area contributed by atoms with Gasteiger partial charge < -0.3 is 14.8 Å². The van der Waals surface area contributed by atoms with Gasteiger partial charge in [-0.3, -0.25) is 9.59 Å². The van der Waals surface area contributed by atoms with E-state index in [1.165, 1.54) is 20.1 Å². The third-order valence-corrected chi connectivity index (χ3v) is 5.04. The van der Waals surface area contributed by atoms with Crippen LogP contribution in [-0.4, -0.2) is 19.0 Å². The summed E-state index contributed by atoms with van der Waals surface area (Å²) in [7, 11) is 1.45. The quantitative estimate of drug-likeness (QED) is 0.184. The Labute approximate surface area is 183 Å². The number of benzene rings is 2. The molecule has 0 fully saturated rings. The first-order chi connectivity index (χ1) is 12.8. The van der Waals surface area contributed by atoms with Gasteiger partial charge in [0.15, 0.2) is 11.5 Å². The van der Waals surface area contributed by atoms with Gasteiger partial charge >= 0.3 is 5.97 Å². The van der Waals surface area contributed by atoms with Crippen LogP contribution in [0.4, 0.5) is 5.69 Å². The lowest BCUT2D eigenvalue weighted by Gasteiger charge is -2.11. The minimum atomic E-state index is -0.514. The van der Waals surface area contributed by atoms with E-state index in [0.29, 0.717) is 26.3 Å². The van der Waals surface area contributed by atoms with Crippen molar-refractivity contribution in [1.82, 2.24) is 0 Å². The molecule has 0 radical (unpaired) electrons. The zero-order valence-corrected chi connectivity index (χ0v) is 18.7. The lowest BCUT2D eigenvalue weighted by molar-refractivity contribution is -0.132. The Kier molecular flexibility index (Phi) is 7.61. The van der Waals surface area contributed by atoms with E-state index in [2.05, 4.69) is 27.9 Å². The maximum absolute atomic E-state index is 12.4. The van der Waals surface area contributed by atoms with Crippen molar-refractivity contribution in [3.05, 3.63) is 54.7 Å². The Hall–Kier alpha value is -2.13. The number of anilines is 1. The van der Waals surface area contributed by atoms with Crippen molar-refractivity contribution < 1.29 is 19.1 Å². The van der Waals surface area contributed by atoms with Crippen LogP contribution >= 0.6 is 45.2 Å². The summed E-state index contributed by atoms with van der Waals surface area (Å²) in [6.45, 7) is 1.30. The summed E-state index contributed by atoms with van der Waals surface area (Å²) in [5.74, 6) is -0.355. The van der Waals surface area contributed by atoms with Crippen molar-refractivity contribution in [3.8, 4) is 17.6 Å². The molecule has 6 nitrogen and oxygen atoms in total. The molecule has 0 aromatic heterocycles. The minimum Gasteiger partial charge on any atom is -0.493 e. The van der Waals surface area contributed by atoms with Gasteiger partial charge in [0.05, 0.1) is 16.4 Å². The van der Waals surface area contributed by atoms with Gasteiger partial charge in [-0.1, -0.05) is 12.1 Å². The molecule has 0 aliphatic carbocycles. The standard InChI is InChI=1S/C19H14I2N2O4/c1-11(24)27-18-15(21)8-12(9-17(18)26-2)7-13(10-22)19(25)23-16-6-4-3-5-14(16)20/h3-9H,1-2H3,(H,23,25)/b13-7-. The second-order valence-corrected chi connectivity index (χ2v) is 7.56. The highest BCUT2D eigenvalue weighted by atomic mass is 127. The Morgan fingerprint density at radius 2 is 1.89 bits per heavy atom. The average Bonchev–Trinajstić information content (AvgIpc) is 2.63. The van der Waals surface area contributed by atoms with E-state index in [1.807, 2.05) is 40.8 Å². The molecular weight excluding hydrogens is 574 g/mol. The van der Waals surface area contributed by atoms with Crippen molar-refractivity contribution in [3.63, 3.8) is 0 Å². The molecule has 2 aromatic carbocycles. The van der Waals surface area contributed by atoms with Gasteiger partial charge in [-0.15, -0.1) is 0 Å². The Bertz CT molecular complexity index is 965. The van der Waals surface area contributed by atoms with Gasteiger partial charge in [0.25, 0.3) is 5.91 Å². The van der Waals surface area contributed by atoms with E-state index in [0.717, 1.165) is 3.57 Å². The van der Waals surface area contributed by atoms with Crippen LogP contribution in [0.25, 0.3) is 6.08 Å². The van der Waals surface area contributed by atoms with Crippen molar-refractivity contribution >= 4 is 68.8 Å². The van der Waals surface area contributed by atoms with Gasteiger partial charge in [-0.2, -0.15) is 5.26 Å². The lowest BCUT2D eigenvalue weighted by atomic mass is 10.1. The number of para-hydroxylation sites is 1. The van der Waals surface area contributed by atoms with Gasteiger partial charge in [0.1, 0.15) is 11.6 Å². The van der Waals surface area contributed by atoms with Crippen molar-refractivity contribution in [2.75, 3.05) is 12.4 Å². The number of hydrogen-bond donors (Lipinski definition) is 1. The molecule has 27 heavy (non-hydrogen) atoms. The zero-order chi connectivity index (χ0) is 20.0. The number of esters is 1. The molecule has 2 rings (SSSR count). The first-order valence-corrected chi connectivity index (χ1v) is 9.75. The number of ether oxygens (including phenoxy) is 2. The minimum absolute atomic E-state index is 0.0623. The SMILES string of the molecule is COc1cc(/C=C(/C#N)C(=O)Nc2ccccc2I)cc(I)c1OC(C)=O. The number of nitrogens with one attached hydrogen (secondary N) is 1. The van der Waals surface area contributed by atoms with Crippen molar-refractivity contribution in [2.45, 2.75) is 6.92 Å². The van der Waals surface area contributed by atoms with Gasteiger partial charge in [-0.05, 0) is 81.1 Å². The second kappa shape index (κ2) is 9.70. The highest BCUT2D eigenvalue weighted by Gasteiger charge is 2.15. The molecule has 0 heterocycles. The van der Waals surface area contributed by atoms with Gasteiger partial charge in [-0.25, -0.2) is 0 Å². The molecule has 1 N–H and O–H groups in total. The van der Waals surface area contributed by atoms with Crippen LogP contribution in [0.3, 0.4) is 0 Å². The number of hydrogen-bond acceptors (Lipinski definition) is 5. The fraction of sp³-hybridized carbons (Fsp3) is 0.105. The van der Waals surface area contributed by atoms with E-state index >= 15 is 0 Å². The monoisotopic (exact) mass is 588 g/mol. The lowest BCUT2D eigenvalue weighted by Crippen LogP contribution is -2.14. The van der Waals surface area contributed by atoms with Crippen molar-refractivity contribution in [1.29, 1.82) is 5.26 Å². The first kappa shape index (κ1) is 21.2. The molecule has 0 aliphatic heterocycles. The maximum atomic E-state index is 12.4. The van der Waals surface area contributed by atoms with Gasteiger partial charge in [0, 0.05) is 10.5 Å². The van der Waals surface area contributed by atoms with Crippen LogP contribution in [0.2, 0.25) is 0 Å². The van der Waals surface area contributed by atoms with E-state index in [1.54, 1.807) is 24.3 Å². The molecule has 8 heteroatoms. The number of halogens is 2. The van der Waals surface area contributed by atoms with Crippen LogP contribution in [0.1, 0.15) is 12.5 Å². The number of nitriles is 1. The van der Waals surface area contributed by atoms with Crippen LogP contribution in [0.5, 0.6) is 11.5 Å². The Balaban J connectivity index is 2.35. The normalized spacial score (nSPS) is 10.7. The number of amides is 1. The van der Waals surface area contributed by atoms with Crippen LogP contribution < -0.4 is 14.8 Å². The first-order valence-electron chi connectivity index (χ1n) is 7.59. The summed E-state index contributed by atoms with van der Waals surface area (Å²) in [6, 6.07) is 12.5. The third kappa shape index (κ3) is 5.67. The number of carbonyl (C=O) groups is 2. The summed E-state index contributed by atoms with van der Waals surface area (Å²) in [6.07, 6.45) is 1.45. The molecule has 0 bridgehead atoms. The molecule has 1 amide bonds. The van der Waals surface area contributed by atoms with Crippen molar-refractivity contribution in [2.24, 2.45) is 0 Å². The smallest absolute Gasteiger partial charge is 0.308 e. The number of rotatable bonds is 5. The van der Waals surface area contributed by atoms with E-state index in [9.17, 15) is 14.9 Å². The summed E-state index contributed by atoms with van der Waals surface area (Å²) >= 11 is 4.10. The molecule has 0 aliphatic rings. The molecule has 0 atom stereocenters. The van der Waals surface area contributed by atoms with Crippen LogP contribution in [-0.2, 0) is 9.59 Å². The summed E-state index contributed by atoms with van der Waals surface area (Å²) in [5, 5.41) is 12.1. The van der Waals surface area contributed by atoms with E-state index < -0.39 is 11.9 Å². The molecular formula is C19H14I2N2O4. The Morgan fingerprint density at radius 3 is 2.48 bits per heavy atom. The zero-order valence-electron chi connectivity index (χ0n) is 14.4.